The average Bonchev–Trinajstić information content (AvgIpc) is 2.48. The third kappa shape index (κ3) is 3.35. The molecule has 0 bridgehead atoms. The summed E-state index contributed by atoms with van der Waals surface area (Å²) < 4.78 is 17.8. The van der Waals surface area contributed by atoms with Gasteiger partial charge in [0.05, 0.1) is 12.7 Å². The summed E-state index contributed by atoms with van der Waals surface area (Å²) in [4.78, 5) is 11.3. The van der Waals surface area contributed by atoms with E-state index in [1.165, 1.54) is 13.2 Å². The second-order valence-electron chi connectivity index (χ2n) is 4.51. The van der Waals surface area contributed by atoms with Gasteiger partial charge in [-0.15, -0.1) is 0 Å². The van der Waals surface area contributed by atoms with Crippen molar-refractivity contribution >= 4 is 11.7 Å². The Bertz CT molecular complexity index is 608. The zero-order valence-electron chi connectivity index (χ0n) is 11.4. The summed E-state index contributed by atoms with van der Waals surface area (Å²) >= 11 is 0. The van der Waals surface area contributed by atoms with Crippen molar-refractivity contribution in [3.05, 3.63) is 65.0 Å². The maximum atomic E-state index is 13.1. The number of hydrogen-bond acceptors (Lipinski definition) is 3. The average molecular weight is 273 g/mol. The van der Waals surface area contributed by atoms with Crippen LogP contribution in [-0.2, 0) is 11.3 Å². The number of halogens is 1. The first-order valence-corrected chi connectivity index (χ1v) is 6.27. The van der Waals surface area contributed by atoms with E-state index in [1.54, 1.807) is 31.2 Å². The fourth-order valence-electron chi connectivity index (χ4n) is 1.84. The van der Waals surface area contributed by atoms with E-state index in [0.717, 1.165) is 11.3 Å². The molecule has 0 aliphatic rings. The monoisotopic (exact) mass is 273 g/mol. The van der Waals surface area contributed by atoms with Crippen LogP contribution in [0, 0.1) is 12.7 Å². The van der Waals surface area contributed by atoms with Crippen LogP contribution in [0.15, 0.2) is 42.5 Å². The van der Waals surface area contributed by atoms with Crippen molar-refractivity contribution in [1.82, 2.24) is 0 Å². The molecule has 0 radical (unpaired) electrons. The number of rotatable bonds is 4. The van der Waals surface area contributed by atoms with Crippen LogP contribution in [0.2, 0.25) is 0 Å². The number of ether oxygens (including phenoxy) is 1. The van der Waals surface area contributed by atoms with Gasteiger partial charge >= 0.3 is 5.97 Å². The van der Waals surface area contributed by atoms with Crippen LogP contribution in [0.5, 0.6) is 0 Å². The summed E-state index contributed by atoms with van der Waals surface area (Å²) in [5.74, 6) is -0.559. The zero-order chi connectivity index (χ0) is 14.5. The largest absolute Gasteiger partial charge is 0.465 e. The van der Waals surface area contributed by atoms with E-state index < -0.39 is 0 Å². The van der Waals surface area contributed by atoms with Gasteiger partial charge in [0.2, 0.25) is 0 Å². The summed E-state index contributed by atoms with van der Waals surface area (Å²) in [6.45, 7) is 2.33. The van der Waals surface area contributed by atoms with Crippen molar-refractivity contribution < 1.29 is 13.9 Å². The SMILES string of the molecule is COC(=O)c1ccc(CNc2ccc(F)c(C)c2)cc1. The molecule has 0 aliphatic heterocycles. The highest BCUT2D eigenvalue weighted by atomic mass is 19.1. The Morgan fingerprint density at radius 2 is 1.90 bits per heavy atom. The molecule has 0 aliphatic carbocycles. The molecule has 0 amide bonds. The lowest BCUT2D eigenvalue weighted by molar-refractivity contribution is 0.0600. The third-order valence-electron chi connectivity index (χ3n) is 3.03. The fourth-order valence-corrected chi connectivity index (χ4v) is 1.84. The van der Waals surface area contributed by atoms with Gasteiger partial charge in [-0.3, -0.25) is 0 Å². The molecule has 104 valence electrons. The number of methoxy groups -OCH3 is 1. The summed E-state index contributed by atoms with van der Waals surface area (Å²) in [5, 5.41) is 3.21. The van der Waals surface area contributed by atoms with Gasteiger partial charge in [-0.25, -0.2) is 9.18 Å². The number of esters is 1. The number of carbonyl (C=O) groups is 1. The highest BCUT2D eigenvalue weighted by molar-refractivity contribution is 5.89. The molecule has 0 atom stereocenters. The summed E-state index contributed by atoms with van der Waals surface area (Å²) in [6, 6.07) is 12.1. The van der Waals surface area contributed by atoms with Crippen LogP contribution in [0.3, 0.4) is 0 Å². The summed E-state index contributed by atoms with van der Waals surface area (Å²) in [7, 11) is 1.36. The molecule has 0 spiro atoms. The first-order valence-electron chi connectivity index (χ1n) is 6.27. The number of aryl methyl sites for hydroxylation is 1. The van der Waals surface area contributed by atoms with Gasteiger partial charge in [0.25, 0.3) is 0 Å². The molecule has 4 heteroatoms. The first kappa shape index (κ1) is 14.1. The predicted octanol–water partition coefficient (Wildman–Crippen LogP) is 3.53. The Hall–Kier alpha value is -2.36. The Morgan fingerprint density at radius 1 is 1.20 bits per heavy atom. The van der Waals surface area contributed by atoms with E-state index in [4.69, 9.17) is 0 Å². The lowest BCUT2D eigenvalue weighted by Crippen LogP contribution is -2.03. The van der Waals surface area contributed by atoms with E-state index in [-0.39, 0.29) is 11.8 Å². The molecule has 1 N–H and O–H groups in total. The van der Waals surface area contributed by atoms with Crippen molar-refractivity contribution in [2.24, 2.45) is 0 Å². The predicted molar refractivity (Wildman–Crippen MR) is 76.2 cm³/mol. The van der Waals surface area contributed by atoms with Crippen LogP contribution in [-0.4, -0.2) is 13.1 Å². The van der Waals surface area contributed by atoms with E-state index in [2.05, 4.69) is 10.1 Å². The first-order chi connectivity index (χ1) is 9.60. The fraction of sp³-hybridized carbons (Fsp3) is 0.188. The number of nitrogens with one attached hydrogen (secondary N) is 1. The van der Waals surface area contributed by atoms with Gasteiger partial charge in [0.15, 0.2) is 0 Å². The molecule has 0 heterocycles. The molecule has 2 rings (SSSR count). The van der Waals surface area contributed by atoms with Crippen molar-refractivity contribution in [2.75, 3.05) is 12.4 Å². The quantitative estimate of drug-likeness (QED) is 0.866. The van der Waals surface area contributed by atoms with E-state index in [1.807, 2.05) is 12.1 Å². The zero-order valence-corrected chi connectivity index (χ0v) is 11.4. The van der Waals surface area contributed by atoms with E-state index in [0.29, 0.717) is 17.7 Å². The molecule has 20 heavy (non-hydrogen) atoms. The number of hydrogen-bond donors (Lipinski definition) is 1. The summed E-state index contributed by atoms with van der Waals surface area (Å²) in [6.07, 6.45) is 0. The van der Waals surface area contributed by atoms with Crippen molar-refractivity contribution in [3.8, 4) is 0 Å². The van der Waals surface area contributed by atoms with Crippen LogP contribution in [0.25, 0.3) is 0 Å². The number of anilines is 1. The van der Waals surface area contributed by atoms with Crippen LogP contribution < -0.4 is 5.32 Å². The summed E-state index contributed by atoms with van der Waals surface area (Å²) in [5.41, 5.74) is 3.02. The van der Waals surface area contributed by atoms with Crippen LogP contribution in [0.4, 0.5) is 10.1 Å². The molecule has 0 unspecified atom stereocenters. The molecular weight excluding hydrogens is 257 g/mol. The maximum Gasteiger partial charge on any atom is 0.337 e. The molecule has 0 saturated carbocycles. The van der Waals surface area contributed by atoms with Crippen molar-refractivity contribution in [1.29, 1.82) is 0 Å². The highest BCUT2D eigenvalue weighted by Crippen LogP contribution is 2.15. The van der Waals surface area contributed by atoms with Crippen molar-refractivity contribution in [3.63, 3.8) is 0 Å². The van der Waals surface area contributed by atoms with Gasteiger partial charge in [0, 0.05) is 12.2 Å². The van der Waals surface area contributed by atoms with E-state index in [9.17, 15) is 9.18 Å². The third-order valence-corrected chi connectivity index (χ3v) is 3.03. The van der Waals surface area contributed by atoms with Gasteiger partial charge < -0.3 is 10.1 Å². The Morgan fingerprint density at radius 3 is 2.50 bits per heavy atom. The smallest absolute Gasteiger partial charge is 0.337 e. The second-order valence-corrected chi connectivity index (χ2v) is 4.51. The van der Waals surface area contributed by atoms with Crippen LogP contribution >= 0.6 is 0 Å². The normalized spacial score (nSPS) is 10.2. The molecule has 2 aromatic carbocycles. The van der Waals surface area contributed by atoms with Crippen LogP contribution in [0.1, 0.15) is 21.5 Å². The Kier molecular flexibility index (Phi) is 4.35. The van der Waals surface area contributed by atoms with Gasteiger partial charge in [-0.2, -0.15) is 0 Å². The van der Waals surface area contributed by atoms with Gasteiger partial charge in [-0.1, -0.05) is 12.1 Å². The molecule has 0 fully saturated rings. The highest BCUT2D eigenvalue weighted by Gasteiger charge is 2.04. The number of benzene rings is 2. The topological polar surface area (TPSA) is 38.3 Å². The molecule has 3 nitrogen and oxygen atoms in total. The molecule has 0 aromatic heterocycles. The molecule has 2 aromatic rings. The van der Waals surface area contributed by atoms with E-state index >= 15 is 0 Å². The van der Waals surface area contributed by atoms with Gasteiger partial charge in [-0.05, 0) is 48.4 Å². The number of carbonyl (C=O) groups excluding carboxylic acids is 1. The Labute approximate surface area is 117 Å². The van der Waals surface area contributed by atoms with Gasteiger partial charge in [0.1, 0.15) is 5.82 Å². The minimum Gasteiger partial charge on any atom is -0.465 e. The van der Waals surface area contributed by atoms with Crippen molar-refractivity contribution in [2.45, 2.75) is 13.5 Å². The maximum absolute atomic E-state index is 13.1. The lowest BCUT2D eigenvalue weighted by atomic mass is 10.1. The lowest BCUT2D eigenvalue weighted by Gasteiger charge is -2.08. The minimum absolute atomic E-state index is 0.210. The standard InChI is InChI=1S/C16H16FNO2/c1-11-9-14(7-8-15(11)17)18-10-12-3-5-13(6-4-12)16(19)20-2/h3-9,18H,10H2,1-2H3. The second kappa shape index (κ2) is 6.19. The molecular formula is C16H16FNO2. The Balaban J connectivity index is 2.00. The minimum atomic E-state index is -0.348. The molecule has 0 saturated heterocycles.